The number of ether oxygens (including phenoxy) is 3. The van der Waals surface area contributed by atoms with Crippen LogP contribution in [0.3, 0.4) is 0 Å². The lowest BCUT2D eigenvalue weighted by Crippen LogP contribution is -2.53. The quantitative estimate of drug-likeness (QED) is 0.315. The first-order chi connectivity index (χ1) is 17.2. The van der Waals surface area contributed by atoms with Crippen molar-refractivity contribution in [3.8, 4) is 5.75 Å². The van der Waals surface area contributed by atoms with Crippen LogP contribution in [0.2, 0.25) is 6.43 Å². The second kappa shape index (κ2) is 14.5. The fourth-order valence-electron chi connectivity index (χ4n) is 3.04. The molecule has 1 rings (SSSR count). The number of hydrogen-bond donors (Lipinski definition) is 2. The Balaban J connectivity index is 3.00. The summed E-state index contributed by atoms with van der Waals surface area (Å²) >= 11 is 6.01. The van der Waals surface area contributed by atoms with Crippen LogP contribution in [0, 0.1) is 5.92 Å². The largest absolute Gasteiger partial charge is 0.495 e. The van der Waals surface area contributed by atoms with Crippen LogP contribution >= 0.6 is 11.6 Å². The van der Waals surface area contributed by atoms with Crippen LogP contribution in [-0.4, -0.2) is 55.2 Å². The summed E-state index contributed by atoms with van der Waals surface area (Å²) < 4.78 is 23.8. The molecule has 9 nitrogen and oxygen atoms in total. The molecular formula is C26H37ClN2O7. The molecule has 0 saturated heterocycles. The van der Waals surface area contributed by atoms with Crippen molar-refractivity contribution in [2.75, 3.05) is 13.7 Å². The number of amides is 2. The van der Waals surface area contributed by atoms with Gasteiger partial charge < -0.3 is 24.8 Å². The second-order valence-corrected chi connectivity index (χ2v) is 9.73. The van der Waals surface area contributed by atoms with E-state index < -0.39 is 47.4 Å². The molecule has 0 spiro atoms. The first-order valence-corrected chi connectivity index (χ1v) is 12.1. The van der Waals surface area contributed by atoms with Gasteiger partial charge in [0.15, 0.2) is 1.41 Å². The smallest absolute Gasteiger partial charge is 0.328 e. The SMILES string of the molecule is [2H]N(C(=O)/C=C/c1ccc(Cl)c(OC)c1)[C@H](C(=O)N[C@@H](CCC(=O)OC(C)(C)C)C(=O)OCC)C(C)C. The van der Waals surface area contributed by atoms with Gasteiger partial charge in [-0.05, 0) is 63.8 Å². The predicted molar refractivity (Wildman–Crippen MR) is 137 cm³/mol. The fourth-order valence-corrected chi connectivity index (χ4v) is 3.24. The van der Waals surface area contributed by atoms with Crippen molar-refractivity contribution in [3.63, 3.8) is 0 Å². The van der Waals surface area contributed by atoms with E-state index in [1.807, 2.05) is 0 Å². The summed E-state index contributed by atoms with van der Waals surface area (Å²) in [6.45, 7) is 10.2. The Morgan fingerprint density at radius 1 is 1.19 bits per heavy atom. The van der Waals surface area contributed by atoms with Gasteiger partial charge in [0.2, 0.25) is 11.8 Å². The maximum absolute atomic E-state index is 13.1. The predicted octanol–water partition coefficient (Wildman–Crippen LogP) is 3.67. The van der Waals surface area contributed by atoms with Crippen LogP contribution in [0.4, 0.5) is 0 Å². The van der Waals surface area contributed by atoms with Crippen molar-refractivity contribution in [2.45, 2.75) is 72.1 Å². The Kier molecular flexibility index (Phi) is 11.7. The maximum atomic E-state index is 13.1. The molecule has 10 heteroatoms. The Bertz CT molecular complexity index is 992. The monoisotopic (exact) mass is 525 g/mol. The standard InChI is InChI=1S/C26H37ClN2O7/c1-8-35-25(33)19(12-14-22(31)36-26(4,5)6)28-24(32)23(16(2)3)29-21(30)13-10-17-9-11-18(27)20(15-17)34-7/h9-11,13,15-16,19,23H,8,12,14H2,1-7H3,(H,28,32)(H,29,30)/b13-10+/t19-,23-/m0/s1/i/hD. The van der Waals surface area contributed by atoms with Gasteiger partial charge in [0.1, 0.15) is 23.4 Å². The molecule has 0 saturated carbocycles. The summed E-state index contributed by atoms with van der Waals surface area (Å²) in [5.41, 5.74) is -0.0859. The molecule has 2 N–H and O–H groups in total. The molecule has 0 heterocycles. The maximum Gasteiger partial charge on any atom is 0.328 e. The number of nitrogens with one attached hydrogen (secondary N) is 2. The van der Waals surface area contributed by atoms with E-state index in [4.69, 9.17) is 27.2 Å². The summed E-state index contributed by atoms with van der Waals surface area (Å²) in [4.78, 5) is 50.4. The van der Waals surface area contributed by atoms with Crippen LogP contribution in [0.25, 0.3) is 6.08 Å². The van der Waals surface area contributed by atoms with E-state index in [-0.39, 0.29) is 19.4 Å². The Morgan fingerprint density at radius 2 is 1.86 bits per heavy atom. The van der Waals surface area contributed by atoms with Crippen molar-refractivity contribution in [1.82, 2.24) is 10.6 Å². The minimum atomic E-state index is -1.21. The number of methoxy groups -OCH3 is 1. The van der Waals surface area contributed by atoms with Crippen molar-refractivity contribution in [1.29, 1.82) is 0 Å². The number of hydrogen-bond acceptors (Lipinski definition) is 7. The van der Waals surface area contributed by atoms with E-state index in [0.717, 1.165) is 6.08 Å². The van der Waals surface area contributed by atoms with Crippen LogP contribution < -0.4 is 15.4 Å². The lowest BCUT2D eigenvalue weighted by Gasteiger charge is -2.25. The zero-order valence-electron chi connectivity index (χ0n) is 22.9. The van der Waals surface area contributed by atoms with Gasteiger partial charge in [0.25, 0.3) is 0 Å². The topological polar surface area (TPSA) is 120 Å². The van der Waals surface area contributed by atoms with Crippen LogP contribution in [0.1, 0.15) is 59.9 Å². The highest BCUT2D eigenvalue weighted by atomic mass is 35.5. The third-order valence-electron chi connectivity index (χ3n) is 4.70. The number of halogens is 1. The van der Waals surface area contributed by atoms with E-state index in [1.165, 1.54) is 13.2 Å². The molecule has 0 aliphatic heterocycles. The van der Waals surface area contributed by atoms with Gasteiger partial charge in [0, 0.05) is 12.5 Å². The molecule has 0 aliphatic rings. The number of carbonyl (C=O) groups is 4. The average molecular weight is 526 g/mol. The minimum absolute atomic E-state index is 0.0610. The van der Waals surface area contributed by atoms with Gasteiger partial charge in [-0.1, -0.05) is 31.5 Å². The molecule has 2 amide bonds. The van der Waals surface area contributed by atoms with Crippen molar-refractivity contribution in [2.24, 2.45) is 5.92 Å². The zero-order valence-corrected chi connectivity index (χ0v) is 22.7. The first-order valence-electron chi connectivity index (χ1n) is 12.2. The van der Waals surface area contributed by atoms with Gasteiger partial charge in [-0.15, -0.1) is 0 Å². The van der Waals surface area contributed by atoms with Gasteiger partial charge >= 0.3 is 11.9 Å². The van der Waals surface area contributed by atoms with Gasteiger partial charge in [-0.3, -0.25) is 14.4 Å². The molecular weight excluding hydrogens is 488 g/mol. The molecule has 2 atom stereocenters. The normalized spacial score (nSPS) is 13.5. The molecule has 1 aromatic carbocycles. The first kappa shape index (κ1) is 29.2. The molecule has 200 valence electrons. The Morgan fingerprint density at radius 3 is 2.42 bits per heavy atom. The highest BCUT2D eigenvalue weighted by Crippen LogP contribution is 2.25. The summed E-state index contributed by atoms with van der Waals surface area (Å²) in [5.74, 6) is -2.75. The van der Waals surface area contributed by atoms with E-state index in [9.17, 15) is 19.2 Å². The van der Waals surface area contributed by atoms with Gasteiger partial charge in [0.05, 0.1) is 18.7 Å². The fraction of sp³-hybridized carbons (Fsp3) is 0.538. The summed E-state index contributed by atoms with van der Waals surface area (Å²) in [6.07, 6.45) is 2.43. The molecule has 0 aliphatic carbocycles. The van der Waals surface area contributed by atoms with E-state index in [2.05, 4.69) is 5.32 Å². The minimum Gasteiger partial charge on any atom is -0.495 e. The lowest BCUT2D eigenvalue weighted by molar-refractivity contribution is -0.155. The van der Waals surface area contributed by atoms with Crippen molar-refractivity contribution < 1.29 is 34.8 Å². The van der Waals surface area contributed by atoms with Gasteiger partial charge in [-0.2, -0.15) is 0 Å². The Labute approximate surface area is 219 Å². The van der Waals surface area contributed by atoms with E-state index >= 15 is 0 Å². The number of esters is 2. The lowest BCUT2D eigenvalue weighted by atomic mass is 10.0. The van der Waals surface area contributed by atoms with Gasteiger partial charge in [-0.25, -0.2) is 4.79 Å². The summed E-state index contributed by atoms with van der Waals surface area (Å²) in [6, 6.07) is 2.54. The van der Waals surface area contributed by atoms with Crippen molar-refractivity contribution in [3.05, 3.63) is 34.9 Å². The van der Waals surface area contributed by atoms with Crippen LogP contribution in [0.15, 0.2) is 24.3 Å². The summed E-state index contributed by atoms with van der Waals surface area (Å²) in [5, 5.41) is 3.51. The second-order valence-electron chi connectivity index (χ2n) is 9.32. The molecule has 0 unspecified atom stereocenters. The Hall–Kier alpha value is -3.07. The highest BCUT2D eigenvalue weighted by Gasteiger charge is 2.30. The number of carbonyl (C=O) groups excluding carboxylic acids is 4. The van der Waals surface area contributed by atoms with Crippen LogP contribution in [-0.2, 0) is 28.7 Å². The molecule has 0 aromatic heterocycles. The number of rotatable bonds is 12. The molecule has 0 radical (unpaired) electrons. The average Bonchev–Trinajstić information content (AvgIpc) is 2.79. The third kappa shape index (κ3) is 11.1. The van der Waals surface area contributed by atoms with E-state index in [0.29, 0.717) is 21.6 Å². The molecule has 0 fully saturated rings. The molecule has 1 aromatic rings. The molecule has 36 heavy (non-hydrogen) atoms. The van der Waals surface area contributed by atoms with E-state index in [1.54, 1.807) is 59.7 Å². The third-order valence-corrected chi connectivity index (χ3v) is 5.02. The number of benzene rings is 1. The molecule has 0 bridgehead atoms. The summed E-state index contributed by atoms with van der Waals surface area (Å²) in [7, 11) is 1.47. The van der Waals surface area contributed by atoms with Crippen LogP contribution in [0.5, 0.6) is 5.75 Å². The van der Waals surface area contributed by atoms with Crippen molar-refractivity contribution >= 4 is 41.4 Å². The zero-order chi connectivity index (χ0) is 28.3. The highest BCUT2D eigenvalue weighted by molar-refractivity contribution is 6.32.